The molecule has 3 heterocycles. The summed E-state index contributed by atoms with van der Waals surface area (Å²) in [6.07, 6.45) is 1.64. The Hall–Kier alpha value is -2.79. The molecule has 4 rings (SSSR count). The quantitative estimate of drug-likeness (QED) is 0.556. The Kier molecular flexibility index (Phi) is 8.03. The molecule has 0 unspecified atom stereocenters. The Bertz CT molecular complexity index is 1320. The molecule has 1 aromatic heterocycles. The van der Waals surface area contributed by atoms with Gasteiger partial charge < -0.3 is 10.1 Å². The second kappa shape index (κ2) is 10.9. The largest absolute Gasteiger partial charge is 0.382 e. The molecule has 2 aliphatic heterocycles. The van der Waals surface area contributed by atoms with Crippen molar-refractivity contribution >= 4 is 33.2 Å². The number of alkyl halides is 2. The molecule has 2 aliphatic rings. The van der Waals surface area contributed by atoms with Gasteiger partial charge in [-0.05, 0) is 37.1 Å². The highest BCUT2D eigenvalue weighted by Gasteiger charge is 2.42. The Balaban J connectivity index is 1.40. The highest BCUT2D eigenvalue weighted by atomic mass is 35.5. The lowest BCUT2D eigenvalue weighted by atomic mass is 9.97. The summed E-state index contributed by atoms with van der Waals surface area (Å²) in [7, 11) is -2.38. The summed E-state index contributed by atoms with van der Waals surface area (Å²) in [4.78, 5) is 12.9. The van der Waals surface area contributed by atoms with Crippen LogP contribution in [0.4, 0.5) is 20.2 Å². The first-order chi connectivity index (χ1) is 17.5. The Morgan fingerprint density at radius 3 is 2.59 bits per heavy atom. The molecular formula is C23H27ClF2N6O4S. The Labute approximate surface area is 218 Å². The number of hydrogen-bond acceptors (Lipinski definition) is 7. The highest BCUT2D eigenvalue weighted by Crippen LogP contribution is 2.33. The van der Waals surface area contributed by atoms with E-state index < -0.39 is 27.6 Å². The molecule has 2 aromatic rings. The number of piperidine rings is 1. The standard InChI is InChI=1S/C23H27ClF2N6O4S/c1-30(18-4-2-16(12-27)3-5-18)37(34,35)31-9-6-19(7-10-31)32-22(33)21(24)20(14-29-32)28-13-17-15-36-11-8-23(17,25)26/h2-5,14,17,19,28H,6-11,13,15H2,1H3/t17-/m1/s1. The maximum Gasteiger partial charge on any atom is 0.303 e. The van der Waals surface area contributed by atoms with Crippen molar-refractivity contribution < 1.29 is 21.9 Å². The predicted octanol–water partition coefficient (Wildman–Crippen LogP) is 2.87. The third kappa shape index (κ3) is 5.72. The number of hydrogen-bond donors (Lipinski definition) is 1. The van der Waals surface area contributed by atoms with E-state index in [9.17, 15) is 22.0 Å². The van der Waals surface area contributed by atoms with E-state index in [1.807, 2.05) is 6.07 Å². The monoisotopic (exact) mass is 556 g/mol. The minimum Gasteiger partial charge on any atom is -0.382 e. The molecule has 14 heteroatoms. The van der Waals surface area contributed by atoms with E-state index in [1.54, 1.807) is 24.3 Å². The molecule has 0 amide bonds. The van der Waals surface area contributed by atoms with Gasteiger partial charge in [-0.2, -0.15) is 23.1 Å². The lowest BCUT2D eigenvalue weighted by Crippen LogP contribution is -2.47. The fourth-order valence-corrected chi connectivity index (χ4v) is 6.01. The lowest BCUT2D eigenvalue weighted by molar-refractivity contribution is -0.136. The minimum absolute atomic E-state index is 0.00764. The zero-order valence-corrected chi connectivity index (χ0v) is 21.7. The number of nitrogens with one attached hydrogen (secondary N) is 1. The average molecular weight is 557 g/mol. The molecule has 37 heavy (non-hydrogen) atoms. The fraction of sp³-hybridized carbons (Fsp3) is 0.522. The molecular weight excluding hydrogens is 530 g/mol. The van der Waals surface area contributed by atoms with Crippen LogP contribution in [0, 0.1) is 17.2 Å². The number of rotatable bonds is 7. The van der Waals surface area contributed by atoms with Crippen LogP contribution in [0.2, 0.25) is 5.02 Å². The van der Waals surface area contributed by atoms with Crippen LogP contribution >= 0.6 is 11.6 Å². The SMILES string of the molecule is CN(c1ccc(C#N)cc1)S(=O)(=O)N1CCC(n2ncc(NC[C@@H]3COCCC3(F)F)c(Cl)c2=O)CC1. The van der Waals surface area contributed by atoms with Crippen molar-refractivity contribution in [3.63, 3.8) is 0 Å². The van der Waals surface area contributed by atoms with E-state index in [1.165, 1.54) is 22.2 Å². The zero-order valence-electron chi connectivity index (χ0n) is 20.1. The van der Waals surface area contributed by atoms with E-state index >= 15 is 0 Å². The van der Waals surface area contributed by atoms with Gasteiger partial charge in [0.2, 0.25) is 0 Å². The summed E-state index contributed by atoms with van der Waals surface area (Å²) in [5.74, 6) is -3.92. The third-order valence-electron chi connectivity index (χ3n) is 6.78. The van der Waals surface area contributed by atoms with E-state index in [-0.39, 0.29) is 56.0 Å². The summed E-state index contributed by atoms with van der Waals surface area (Å²) in [6, 6.07) is 7.83. The molecule has 200 valence electrons. The zero-order chi connectivity index (χ0) is 26.8. The molecule has 1 N–H and O–H groups in total. The smallest absolute Gasteiger partial charge is 0.303 e. The molecule has 2 fully saturated rings. The summed E-state index contributed by atoms with van der Waals surface area (Å²) in [5.41, 5.74) is 0.434. The van der Waals surface area contributed by atoms with Crippen LogP contribution in [-0.2, 0) is 14.9 Å². The Morgan fingerprint density at radius 1 is 1.30 bits per heavy atom. The number of halogens is 3. The van der Waals surface area contributed by atoms with Gasteiger partial charge in [0.25, 0.3) is 11.5 Å². The van der Waals surface area contributed by atoms with E-state index in [2.05, 4.69) is 10.4 Å². The summed E-state index contributed by atoms with van der Waals surface area (Å²) in [5, 5.41) is 15.8. The second-order valence-corrected chi connectivity index (χ2v) is 11.4. The van der Waals surface area contributed by atoms with Crippen molar-refractivity contribution in [3.8, 4) is 6.07 Å². The van der Waals surface area contributed by atoms with Gasteiger partial charge in [-0.3, -0.25) is 9.10 Å². The van der Waals surface area contributed by atoms with Crippen molar-refractivity contribution in [3.05, 3.63) is 51.4 Å². The van der Waals surface area contributed by atoms with Crippen LogP contribution < -0.4 is 15.2 Å². The normalized spacial score (nSPS) is 20.8. The second-order valence-electron chi connectivity index (χ2n) is 9.05. The van der Waals surface area contributed by atoms with Gasteiger partial charge in [-0.1, -0.05) is 11.6 Å². The first kappa shape index (κ1) is 27.3. The molecule has 0 bridgehead atoms. The van der Waals surface area contributed by atoms with Gasteiger partial charge in [0.1, 0.15) is 5.02 Å². The molecule has 0 saturated carbocycles. The number of nitrogens with zero attached hydrogens (tertiary/aromatic N) is 5. The summed E-state index contributed by atoms with van der Waals surface area (Å²) >= 11 is 6.25. The van der Waals surface area contributed by atoms with Gasteiger partial charge in [-0.25, -0.2) is 13.5 Å². The van der Waals surface area contributed by atoms with Crippen molar-refractivity contribution in [1.82, 2.24) is 14.1 Å². The Morgan fingerprint density at radius 2 is 1.97 bits per heavy atom. The first-order valence-electron chi connectivity index (χ1n) is 11.8. The fourth-order valence-electron chi connectivity index (χ4n) is 4.40. The van der Waals surface area contributed by atoms with Crippen LogP contribution in [0.3, 0.4) is 0 Å². The number of ether oxygens (including phenoxy) is 1. The molecule has 0 aliphatic carbocycles. The van der Waals surface area contributed by atoms with Crippen molar-refractivity contribution in [2.24, 2.45) is 5.92 Å². The number of aromatic nitrogens is 2. The molecule has 1 aromatic carbocycles. The topological polar surface area (TPSA) is 121 Å². The maximum atomic E-state index is 14.1. The van der Waals surface area contributed by atoms with Gasteiger partial charge >= 0.3 is 10.2 Å². The lowest BCUT2D eigenvalue weighted by Gasteiger charge is -2.34. The average Bonchev–Trinajstić information content (AvgIpc) is 2.89. The molecule has 10 nitrogen and oxygen atoms in total. The number of anilines is 2. The highest BCUT2D eigenvalue weighted by molar-refractivity contribution is 7.90. The minimum atomic E-state index is -3.82. The molecule has 0 radical (unpaired) electrons. The van der Waals surface area contributed by atoms with Gasteiger partial charge in [0.15, 0.2) is 0 Å². The van der Waals surface area contributed by atoms with Crippen molar-refractivity contribution in [2.45, 2.75) is 31.2 Å². The maximum absolute atomic E-state index is 14.1. The van der Waals surface area contributed by atoms with Crippen LogP contribution in [0.5, 0.6) is 0 Å². The van der Waals surface area contributed by atoms with Gasteiger partial charge in [0.05, 0.1) is 54.4 Å². The summed E-state index contributed by atoms with van der Waals surface area (Å²) in [6.45, 7) is 0.116. The van der Waals surface area contributed by atoms with Crippen LogP contribution in [-0.4, -0.2) is 68.3 Å². The molecule has 1 atom stereocenters. The van der Waals surface area contributed by atoms with Gasteiger partial charge in [0, 0.05) is 33.1 Å². The van der Waals surface area contributed by atoms with Crippen LogP contribution in [0.25, 0.3) is 0 Å². The van der Waals surface area contributed by atoms with Gasteiger partial charge in [-0.15, -0.1) is 0 Å². The van der Waals surface area contributed by atoms with Crippen LogP contribution in [0.1, 0.15) is 30.9 Å². The van der Waals surface area contributed by atoms with Crippen LogP contribution in [0.15, 0.2) is 35.3 Å². The first-order valence-corrected chi connectivity index (χ1v) is 13.5. The number of nitriles is 1. The van der Waals surface area contributed by atoms with Crippen molar-refractivity contribution in [2.75, 3.05) is 49.5 Å². The van der Waals surface area contributed by atoms with Crippen molar-refractivity contribution in [1.29, 1.82) is 5.26 Å². The third-order valence-corrected chi connectivity index (χ3v) is 9.07. The van der Waals surface area contributed by atoms with E-state index in [4.69, 9.17) is 21.6 Å². The predicted molar refractivity (Wildman–Crippen MR) is 134 cm³/mol. The summed E-state index contributed by atoms with van der Waals surface area (Å²) < 4.78 is 63.2. The molecule has 0 spiro atoms. The van der Waals surface area contributed by atoms with E-state index in [0.29, 0.717) is 24.1 Å². The molecule has 2 saturated heterocycles. The van der Waals surface area contributed by atoms with E-state index in [0.717, 1.165) is 4.31 Å². The number of benzene rings is 1.